The van der Waals surface area contributed by atoms with Gasteiger partial charge in [0.05, 0.1) is 5.56 Å². The Hall–Kier alpha value is -2.02. The van der Waals surface area contributed by atoms with Gasteiger partial charge in [-0.3, -0.25) is 4.79 Å². The molecule has 0 atom stereocenters. The van der Waals surface area contributed by atoms with E-state index in [4.69, 9.17) is 12.2 Å². The molecule has 0 radical (unpaired) electrons. The van der Waals surface area contributed by atoms with E-state index in [9.17, 15) is 9.18 Å². The van der Waals surface area contributed by atoms with E-state index in [1.807, 2.05) is 0 Å². The van der Waals surface area contributed by atoms with Crippen LogP contribution in [0.4, 0.5) is 10.1 Å². The normalized spacial score (nSPS) is 9.56. The van der Waals surface area contributed by atoms with Crippen LogP contribution in [0.5, 0.6) is 0 Å². The number of nitrogens with one attached hydrogen (secondary N) is 1. The molecule has 0 fully saturated rings. The summed E-state index contributed by atoms with van der Waals surface area (Å²) < 4.78 is 13.6. The molecule has 0 heterocycles. The molecule has 3 nitrogen and oxygen atoms in total. The summed E-state index contributed by atoms with van der Waals surface area (Å²) >= 11 is 0. The van der Waals surface area contributed by atoms with Crippen molar-refractivity contribution in [3.8, 4) is 12.3 Å². The molecule has 0 bridgehead atoms. The fourth-order valence-corrected chi connectivity index (χ4v) is 1.31. The van der Waals surface area contributed by atoms with Crippen LogP contribution in [0.2, 0.25) is 0 Å². The Morgan fingerprint density at radius 3 is 2.94 bits per heavy atom. The molecule has 1 aromatic rings. The van der Waals surface area contributed by atoms with Gasteiger partial charge in [0.1, 0.15) is 5.82 Å². The van der Waals surface area contributed by atoms with Gasteiger partial charge in [0.25, 0.3) is 5.91 Å². The number of hydrogen-bond acceptors (Lipinski definition) is 2. The van der Waals surface area contributed by atoms with Gasteiger partial charge in [-0.05, 0) is 24.6 Å². The lowest BCUT2D eigenvalue weighted by molar-refractivity contribution is 0.0950. The number of hydrogen-bond donors (Lipinski definition) is 2. The molecule has 16 heavy (non-hydrogen) atoms. The third-order valence-electron chi connectivity index (χ3n) is 2.08. The first-order valence-corrected chi connectivity index (χ1v) is 4.83. The van der Waals surface area contributed by atoms with Crippen LogP contribution in [0.25, 0.3) is 0 Å². The topological polar surface area (TPSA) is 55.1 Å². The highest BCUT2D eigenvalue weighted by atomic mass is 19.1. The molecular weight excluding hydrogens is 207 g/mol. The van der Waals surface area contributed by atoms with Crippen LogP contribution in [0.1, 0.15) is 22.3 Å². The van der Waals surface area contributed by atoms with Crippen molar-refractivity contribution >= 4 is 11.6 Å². The second kappa shape index (κ2) is 5.17. The Bertz CT molecular complexity index is 449. The number of benzene rings is 1. The predicted octanol–water partition coefficient (Wildman–Crippen LogP) is 1.47. The number of anilines is 1. The number of amides is 1. The standard InChI is InChI=1S/C12H13FN2O/c1-3-4-5-15-12(16)10-7-9(14)6-8(2)11(10)13/h1,6-7H,4-5,14H2,2H3,(H,15,16). The largest absolute Gasteiger partial charge is 0.399 e. The second-order valence-corrected chi connectivity index (χ2v) is 3.41. The highest BCUT2D eigenvalue weighted by Crippen LogP contribution is 2.16. The highest BCUT2D eigenvalue weighted by Gasteiger charge is 2.13. The lowest BCUT2D eigenvalue weighted by Crippen LogP contribution is -2.25. The van der Waals surface area contributed by atoms with Crippen LogP contribution in [-0.2, 0) is 0 Å². The smallest absolute Gasteiger partial charge is 0.254 e. The van der Waals surface area contributed by atoms with Crippen LogP contribution in [-0.4, -0.2) is 12.5 Å². The predicted molar refractivity (Wildman–Crippen MR) is 61.3 cm³/mol. The zero-order valence-corrected chi connectivity index (χ0v) is 9.01. The van der Waals surface area contributed by atoms with Crippen LogP contribution >= 0.6 is 0 Å². The van der Waals surface area contributed by atoms with Crippen LogP contribution in [0.15, 0.2) is 12.1 Å². The Balaban J connectivity index is 2.87. The first kappa shape index (κ1) is 12.1. The van der Waals surface area contributed by atoms with Crippen LogP contribution < -0.4 is 11.1 Å². The van der Waals surface area contributed by atoms with Gasteiger partial charge < -0.3 is 11.1 Å². The zero-order chi connectivity index (χ0) is 12.1. The van der Waals surface area contributed by atoms with Crippen LogP contribution in [0.3, 0.4) is 0 Å². The number of carbonyl (C=O) groups is 1. The number of halogens is 1. The van der Waals surface area contributed by atoms with Gasteiger partial charge in [0.15, 0.2) is 0 Å². The molecule has 1 aromatic carbocycles. The molecule has 4 heteroatoms. The monoisotopic (exact) mass is 220 g/mol. The molecule has 0 aliphatic carbocycles. The van der Waals surface area contributed by atoms with Crippen molar-refractivity contribution in [3.63, 3.8) is 0 Å². The number of aryl methyl sites for hydroxylation is 1. The lowest BCUT2D eigenvalue weighted by atomic mass is 10.1. The van der Waals surface area contributed by atoms with Gasteiger partial charge in [-0.15, -0.1) is 12.3 Å². The summed E-state index contributed by atoms with van der Waals surface area (Å²) in [4.78, 5) is 11.6. The first-order valence-electron chi connectivity index (χ1n) is 4.83. The lowest BCUT2D eigenvalue weighted by Gasteiger charge is -2.07. The molecule has 0 aliphatic rings. The van der Waals surface area contributed by atoms with Crippen molar-refractivity contribution in [1.82, 2.24) is 5.32 Å². The van der Waals surface area contributed by atoms with Crippen molar-refractivity contribution < 1.29 is 9.18 Å². The van der Waals surface area contributed by atoms with E-state index < -0.39 is 11.7 Å². The molecule has 1 amide bonds. The van der Waals surface area contributed by atoms with Gasteiger partial charge in [0, 0.05) is 18.7 Å². The Morgan fingerprint density at radius 1 is 1.62 bits per heavy atom. The maximum atomic E-state index is 13.6. The van der Waals surface area contributed by atoms with E-state index >= 15 is 0 Å². The van der Waals surface area contributed by atoms with Crippen molar-refractivity contribution in [2.45, 2.75) is 13.3 Å². The number of nitrogens with two attached hydrogens (primary N) is 1. The minimum Gasteiger partial charge on any atom is -0.399 e. The Labute approximate surface area is 93.8 Å². The second-order valence-electron chi connectivity index (χ2n) is 3.41. The van der Waals surface area contributed by atoms with Crippen molar-refractivity contribution in [2.75, 3.05) is 12.3 Å². The average molecular weight is 220 g/mol. The summed E-state index contributed by atoms with van der Waals surface area (Å²) in [5.74, 6) is 1.33. The summed E-state index contributed by atoms with van der Waals surface area (Å²) in [5, 5.41) is 2.52. The van der Waals surface area contributed by atoms with E-state index in [2.05, 4.69) is 11.2 Å². The summed E-state index contributed by atoms with van der Waals surface area (Å²) in [6.07, 6.45) is 5.45. The van der Waals surface area contributed by atoms with Gasteiger partial charge in [0.2, 0.25) is 0 Å². The molecule has 84 valence electrons. The fourth-order valence-electron chi connectivity index (χ4n) is 1.31. The molecule has 0 saturated heterocycles. The number of terminal acetylenes is 1. The van der Waals surface area contributed by atoms with Crippen molar-refractivity contribution in [1.29, 1.82) is 0 Å². The molecule has 1 rings (SSSR count). The Kier molecular flexibility index (Phi) is 3.90. The Morgan fingerprint density at radius 2 is 2.31 bits per heavy atom. The summed E-state index contributed by atoms with van der Waals surface area (Å²) in [5.41, 5.74) is 6.21. The van der Waals surface area contributed by atoms with Gasteiger partial charge in [-0.2, -0.15) is 0 Å². The molecule has 0 aliphatic heterocycles. The van der Waals surface area contributed by atoms with Gasteiger partial charge in [-0.25, -0.2) is 4.39 Å². The summed E-state index contributed by atoms with van der Waals surface area (Å²) in [6, 6.07) is 2.79. The van der Waals surface area contributed by atoms with E-state index in [1.54, 1.807) is 6.92 Å². The number of nitrogen functional groups attached to an aromatic ring is 1. The fraction of sp³-hybridized carbons (Fsp3) is 0.250. The number of rotatable bonds is 3. The molecule has 0 unspecified atom stereocenters. The average Bonchev–Trinajstić information content (AvgIpc) is 2.23. The molecule has 0 aromatic heterocycles. The summed E-state index contributed by atoms with van der Waals surface area (Å²) in [6.45, 7) is 1.88. The maximum absolute atomic E-state index is 13.6. The zero-order valence-electron chi connectivity index (χ0n) is 9.01. The summed E-state index contributed by atoms with van der Waals surface area (Å²) in [7, 11) is 0. The molecule has 0 saturated carbocycles. The molecular formula is C12H13FN2O. The minimum absolute atomic E-state index is 0.0467. The van der Waals surface area contributed by atoms with E-state index in [0.717, 1.165) is 0 Å². The van der Waals surface area contributed by atoms with Gasteiger partial charge in [-0.1, -0.05) is 0 Å². The quantitative estimate of drug-likeness (QED) is 0.460. The first-order chi connectivity index (χ1) is 7.56. The minimum atomic E-state index is -0.549. The number of carbonyl (C=O) groups excluding carboxylic acids is 1. The SMILES string of the molecule is C#CCCNC(=O)c1cc(N)cc(C)c1F. The molecule has 0 spiro atoms. The third kappa shape index (κ3) is 2.74. The van der Waals surface area contributed by atoms with Crippen LogP contribution in [0, 0.1) is 25.1 Å². The van der Waals surface area contributed by atoms with Gasteiger partial charge >= 0.3 is 0 Å². The third-order valence-corrected chi connectivity index (χ3v) is 2.08. The van der Waals surface area contributed by atoms with E-state index in [1.165, 1.54) is 12.1 Å². The van der Waals surface area contributed by atoms with E-state index in [-0.39, 0.29) is 5.56 Å². The van der Waals surface area contributed by atoms with Crippen molar-refractivity contribution in [3.05, 3.63) is 29.1 Å². The molecule has 3 N–H and O–H groups in total. The highest BCUT2D eigenvalue weighted by molar-refractivity contribution is 5.95. The van der Waals surface area contributed by atoms with Crippen molar-refractivity contribution in [2.24, 2.45) is 0 Å². The maximum Gasteiger partial charge on any atom is 0.254 e. The van der Waals surface area contributed by atoms with E-state index in [0.29, 0.717) is 24.2 Å².